The minimum absolute atomic E-state index is 0.0304. The minimum Gasteiger partial charge on any atom is -0.404 e. The van der Waals surface area contributed by atoms with Gasteiger partial charge in [-0.3, -0.25) is 4.79 Å². The van der Waals surface area contributed by atoms with Gasteiger partial charge in [-0.2, -0.15) is 13.2 Å². The fourth-order valence-electron chi connectivity index (χ4n) is 2.12. The predicted octanol–water partition coefficient (Wildman–Crippen LogP) is 2.86. The van der Waals surface area contributed by atoms with E-state index in [1.54, 1.807) is 6.07 Å². The van der Waals surface area contributed by atoms with Crippen LogP contribution in [0.4, 0.5) is 23.4 Å². The van der Waals surface area contributed by atoms with Gasteiger partial charge < -0.3 is 11.5 Å². The highest BCUT2D eigenvalue weighted by Gasteiger charge is 2.31. The van der Waals surface area contributed by atoms with Crippen LogP contribution in [0, 0.1) is 5.82 Å². The minimum atomic E-state index is -4.63. The number of nitrogens with two attached hydrogens (primary N) is 2. The number of primary amides is 1. The molecule has 0 aliphatic carbocycles. The number of carbonyl (C=O) groups is 1. The average Bonchev–Trinajstić information content (AvgIpc) is 2.54. The molecule has 136 valence electrons. The Bertz CT molecular complexity index is 875. The van der Waals surface area contributed by atoms with Gasteiger partial charge in [0.2, 0.25) is 0 Å². The Morgan fingerprint density at radius 1 is 1.19 bits per heavy atom. The number of rotatable bonds is 5. The number of pyridine rings is 1. The summed E-state index contributed by atoms with van der Waals surface area (Å²) in [6.45, 7) is 0. The number of hydrogen-bond acceptors (Lipinski definition) is 4. The average molecular weight is 366 g/mol. The van der Waals surface area contributed by atoms with Crippen molar-refractivity contribution in [3.05, 3.63) is 70.8 Å². The van der Waals surface area contributed by atoms with Crippen molar-refractivity contribution in [3.8, 4) is 0 Å². The molecule has 0 bridgehead atoms. The van der Waals surface area contributed by atoms with Crippen LogP contribution >= 0.6 is 0 Å². The fourth-order valence-corrected chi connectivity index (χ4v) is 2.12. The molecule has 0 saturated carbocycles. The standard InChI is InChI=1S/C17H14F4N4O/c18-14-5-11(4-13(7-14)17(19,20)21)3-10-1-2-24-15(6-10)25-9-12(8-22)16(23)26/h1-2,4-9H,3,22H2,(H2,23,26). The number of amides is 1. The van der Waals surface area contributed by atoms with Crippen molar-refractivity contribution in [2.45, 2.75) is 12.6 Å². The quantitative estimate of drug-likeness (QED) is 0.484. The van der Waals surface area contributed by atoms with Crippen LogP contribution in [-0.4, -0.2) is 17.1 Å². The van der Waals surface area contributed by atoms with E-state index in [1.807, 2.05) is 0 Å². The van der Waals surface area contributed by atoms with Crippen molar-refractivity contribution in [2.75, 3.05) is 0 Å². The van der Waals surface area contributed by atoms with Crippen LogP contribution in [0.15, 0.2) is 53.3 Å². The summed E-state index contributed by atoms with van der Waals surface area (Å²) < 4.78 is 51.8. The number of carbonyl (C=O) groups excluding carboxylic acids is 1. The largest absolute Gasteiger partial charge is 0.416 e. The number of aliphatic imine (C=N–C) groups is 1. The zero-order valence-electron chi connectivity index (χ0n) is 13.3. The lowest BCUT2D eigenvalue weighted by Crippen LogP contribution is -2.16. The number of halogens is 4. The Hall–Kier alpha value is -3.23. The third kappa shape index (κ3) is 5.13. The smallest absolute Gasteiger partial charge is 0.404 e. The van der Waals surface area contributed by atoms with E-state index in [9.17, 15) is 22.4 Å². The monoisotopic (exact) mass is 366 g/mol. The summed E-state index contributed by atoms with van der Waals surface area (Å²) in [6, 6.07) is 5.40. The van der Waals surface area contributed by atoms with Gasteiger partial charge in [0.25, 0.3) is 5.91 Å². The second-order valence-corrected chi connectivity index (χ2v) is 5.29. The number of hydrogen-bond donors (Lipinski definition) is 2. The predicted molar refractivity (Wildman–Crippen MR) is 88.1 cm³/mol. The molecule has 1 aromatic carbocycles. The highest BCUT2D eigenvalue weighted by atomic mass is 19.4. The van der Waals surface area contributed by atoms with E-state index in [-0.39, 0.29) is 23.4 Å². The molecule has 0 saturated heterocycles. The number of alkyl halides is 3. The molecular formula is C17H14F4N4O. The molecular weight excluding hydrogens is 352 g/mol. The van der Waals surface area contributed by atoms with E-state index in [2.05, 4.69) is 9.98 Å². The zero-order valence-corrected chi connectivity index (χ0v) is 13.3. The van der Waals surface area contributed by atoms with E-state index in [0.717, 1.165) is 24.5 Å². The summed E-state index contributed by atoms with van der Waals surface area (Å²) in [5.74, 6) is -1.55. The summed E-state index contributed by atoms with van der Waals surface area (Å²) in [5, 5.41) is 0. The normalized spacial score (nSPS) is 12.5. The Labute approximate surface area is 146 Å². The lowest BCUT2D eigenvalue weighted by molar-refractivity contribution is -0.137. The number of nitrogens with zero attached hydrogens (tertiary/aromatic N) is 2. The van der Waals surface area contributed by atoms with Gasteiger partial charge in [0.05, 0.1) is 11.1 Å². The van der Waals surface area contributed by atoms with Gasteiger partial charge in [-0.25, -0.2) is 14.4 Å². The molecule has 0 fully saturated rings. The highest BCUT2D eigenvalue weighted by Crippen LogP contribution is 2.31. The van der Waals surface area contributed by atoms with E-state index in [0.29, 0.717) is 11.6 Å². The van der Waals surface area contributed by atoms with Crippen molar-refractivity contribution < 1.29 is 22.4 Å². The molecule has 0 aliphatic heterocycles. The first-order valence-electron chi connectivity index (χ1n) is 7.26. The molecule has 0 aliphatic rings. The summed E-state index contributed by atoms with van der Waals surface area (Å²) in [5.41, 5.74) is 9.93. The topological polar surface area (TPSA) is 94.4 Å². The lowest BCUT2D eigenvalue weighted by atomic mass is 10.0. The summed E-state index contributed by atoms with van der Waals surface area (Å²) >= 11 is 0. The second kappa shape index (κ2) is 7.77. The molecule has 4 N–H and O–H groups in total. The molecule has 0 radical (unpaired) electrons. The Morgan fingerprint density at radius 3 is 2.54 bits per heavy atom. The molecule has 2 aromatic rings. The first-order chi connectivity index (χ1) is 12.2. The Kier molecular flexibility index (Phi) is 5.71. The molecule has 2 rings (SSSR count). The molecule has 0 spiro atoms. The molecule has 1 heterocycles. The van der Waals surface area contributed by atoms with Gasteiger partial charge in [-0.1, -0.05) is 0 Å². The maximum atomic E-state index is 13.5. The van der Waals surface area contributed by atoms with Gasteiger partial charge in [0.15, 0.2) is 5.82 Å². The van der Waals surface area contributed by atoms with Crippen LogP contribution in [0.25, 0.3) is 0 Å². The SMILES string of the molecule is NC=C(C=Nc1cc(Cc2cc(F)cc(C(F)(F)F)c2)ccn1)C(N)=O. The molecule has 1 aromatic heterocycles. The van der Waals surface area contributed by atoms with Crippen molar-refractivity contribution >= 4 is 17.9 Å². The first-order valence-corrected chi connectivity index (χ1v) is 7.26. The van der Waals surface area contributed by atoms with Gasteiger partial charge in [-0.05, 0) is 47.9 Å². The summed E-state index contributed by atoms with van der Waals surface area (Å²) in [6.07, 6.45) is -1.09. The van der Waals surface area contributed by atoms with Crippen molar-refractivity contribution in [2.24, 2.45) is 16.5 Å². The molecule has 1 amide bonds. The fraction of sp³-hybridized carbons (Fsp3) is 0.118. The highest BCUT2D eigenvalue weighted by molar-refractivity contribution is 6.11. The van der Waals surface area contributed by atoms with Crippen LogP contribution in [0.3, 0.4) is 0 Å². The van der Waals surface area contributed by atoms with Crippen LogP contribution in [-0.2, 0) is 17.4 Å². The van der Waals surface area contributed by atoms with Crippen molar-refractivity contribution in [1.82, 2.24) is 4.98 Å². The number of benzene rings is 1. The van der Waals surface area contributed by atoms with Crippen molar-refractivity contribution in [1.29, 1.82) is 0 Å². The van der Waals surface area contributed by atoms with Crippen molar-refractivity contribution in [3.63, 3.8) is 0 Å². The lowest BCUT2D eigenvalue weighted by Gasteiger charge is -2.09. The zero-order chi connectivity index (χ0) is 19.3. The molecule has 9 heteroatoms. The van der Waals surface area contributed by atoms with Gasteiger partial charge >= 0.3 is 6.18 Å². The third-order valence-corrected chi connectivity index (χ3v) is 3.30. The van der Waals surface area contributed by atoms with Gasteiger partial charge in [-0.15, -0.1) is 0 Å². The number of aromatic nitrogens is 1. The summed E-state index contributed by atoms with van der Waals surface area (Å²) in [7, 11) is 0. The molecule has 26 heavy (non-hydrogen) atoms. The first kappa shape index (κ1) is 19.1. The molecule has 5 nitrogen and oxygen atoms in total. The maximum absolute atomic E-state index is 13.5. The maximum Gasteiger partial charge on any atom is 0.416 e. The second-order valence-electron chi connectivity index (χ2n) is 5.29. The summed E-state index contributed by atoms with van der Waals surface area (Å²) in [4.78, 5) is 18.9. The molecule has 0 atom stereocenters. The van der Waals surface area contributed by atoms with Crippen LogP contribution in [0.1, 0.15) is 16.7 Å². The van der Waals surface area contributed by atoms with E-state index in [1.165, 1.54) is 12.3 Å². The third-order valence-electron chi connectivity index (χ3n) is 3.30. The van der Waals surface area contributed by atoms with Gasteiger partial charge in [0, 0.05) is 18.6 Å². The van der Waals surface area contributed by atoms with Crippen LogP contribution < -0.4 is 11.5 Å². The van der Waals surface area contributed by atoms with Crippen LogP contribution in [0.5, 0.6) is 0 Å². The van der Waals surface area contributed by atoms with E-state index in [4.69, 9.17) is 11.5 Å². The van der Waals surface area contributed by atoms with E-state index >= 15 is 0 Å². The van der Waals surface area contributed by atoms with Crippen LogP contribution in [0.2, 0.25) is 0 Å². The van der Waals surface area contributed by atoms with E-state index < -0.39 is 23.5 Å². The Morgan fingerprint density at radius 2 is 1.92 bits per heavy atom. The Balaban J connectivity index is 2.25. The van der Waals surface area contributed by atoms with Gasteiger partial charge in [0.1, 0.15) is 5.82 Å². The molecule has 0 unspecified atom stereocenters.